The maximum Gasteiger partial charge on any atom is 0.250 e. The zero-order valence-electron chi connectivity index (χ0n) is 12.6. The number of anilines is 1. The van der Waals surface area contributed by atoms with Crippen molar-refractivity contribution in [3.63, 3.8) is 0 Å². The number of nitrogens with one attached hydrogen (secondary N) is 2. The molecule has 2 heterocycles. The van der Waals surface area contributed by atoms with Crippen molar-refractivity contribution in [3.8, 4) is 0 Å². The zero-order chi connectivity index (χ0) is 16.2. The molecule has 23 heavy (non-hydrogen) atoms. The molecule has 0 saturated carbocycles. The molecule has 1 aliphatic heterocycles. The van der Waals surface area contributed by atoms with Crippen molar-refractivity contribution in [2.45, 2.75) is 24.9 Å². The average Bonchev–Trinajstić information content (AvgIpc) is 2.57. The number of hydrogen-bond donors (Lipinski definition) is 3. The van der Waals surface area contributed by atoms with Crippen LogP contribution in [0, 0.1) is 0 Å². The number of nitrogens with zero attached hydrogens (tertiary/aromatic N) is 1. The van der Waals surface area contributed by atoms with Crippen LogP contribution in [-0.2, 0) is 0 Å². The number of primary amides is 1. The van der Waals surface area contributed by atoms with Gasteiger partial charge in [0.05, 0.1) is 10.6 Å². The second-order valence-electron chi connectivity index (χ2n) is 5.70. The third-order valence-electron chi connectivity index (χ3n) is 4.07. The Labute approximate surface area is 140 Å². The Morgan fingerprint density at radius 1 is 1.35 bits per heavy atom. The van der Waals surface area contributed by atoms with Crippen molar-refractivity contribution in [2.75, 3.05) is 11.9 Å². The van der Waals surface area contributed by atoms with Gasteiger partial charge < -0.3 is 16.4 Å². The quantitative estimate of drug-likeness (QED) is 0.805. The predicted octanol–water partition coefficient (Wildman–Crippen LogP) is 2.74. The van der Waals surface area contributed by atoms with Gasteiger partial charge >= 0.3 is 0 Å². The summed E-state index contributed by atoms with van der Waals surface area (Å²) in [6, 6.07) is 12.5. The van der Waals surface area contributed by atoms with Gasteiger partial charge in [-0.25, -0.2) is 4.98 Å². The van der Waals surface area contributed by atoms with E-state index in [0.717, 1.165) is 19.4 Å². The number of nitrogens with two attached hydrogens (primary N) is 1. The van der Waals surface area contributed by atoms with Crippen LogP contribution >= 0.6 is 11.6 Å². The van der Waals surface area contributed by atoms with Crippen molar-refractivity contribution < 1.29 is 4.79 Å². The molecule has 5 nitrogen and oxygen atoms in total. The smallest absolute Gasteiger partial charge is 0.250 e. The Morgan fingerprint density at radius 2 is 2.13 bits per heavy atom. The van der Waals surface area contributed by atoms with E-state index >= 15 is 0 Å². The van der Waals surface area contributed by atoms with Gasteiger partial charge in [0.15, 0.2) is 0 Å². The van der Waals surface area contributed by atoms with Crippen molar-refractivity contribution in [1.29, 1.82) is 0 Å². The third-order valence-corrected chi connectivity index (χ3v) is 4.36. The minimum Gasteiger partial charge on any atom is -0.366 e. The van der Waals surface area contributed by atoms with E-state index in [0.29, 0.717) is 22.4 Å². The molecule has 2 atom stereocenters. The monoisotopic (exact) mass is 330 g/mol. The second-order valence-corrected chi connectivity index (χ2v) is 6.11. The summed E-state index contributed by atoms with van der Waals surface area (Å²) in [4.78, 5) is 15.4. The summed E-state index contributed by atoms with van der Waals surface area (Å²) >= 11 is 6.20. The first kappa shape index (κ1) is 15.8. The van der Waals surface area contributed by atoms with Crippen LogP contribution < -0.4 is 16.4 Å². The van der Waals surface area contributed by atoms with Gasteiger partial charge in [-0.3, -0.25) is 4.79 Å². The van der Waals surface area contributed by atoms with Crippen LogP contribution in [-0.4, -0.2) is 23.5 Å². The first-order valence-corrected chi connectivity index (χ1v) is 8.01. The second kappa shape index (κ2) is 6.98. The summed E-state index contributed by atoms with van der Waals surface area (Å²) in [6.45, 7) is 0.925. The molecule has 6 heteroatoms. The number of aromatic nitrogens is 1. The highest BCUT2D eigenvalue weighted by molar-refractivity contribution is 6.33. The number of amides is 1. The predicted molar refractivity (Wildman–Crippen MR) is 91.6 cm³/mol. The lowest BCUT2D eigenvalue weighted by molar-refractivity contribution is 0.1000. The van der Waals surface area contributed by atoms with Crippen molar-refractivity contribution in [3.05, 3.63) is 58.7 Å². The number of rotatable bonds is 4. The lowest BCUT2D eigenvalue weighted by Gasteiger charge is -2.31. The van der Waals surface area contributed by atoms with Crippen LogP contribution in [0.5, 0.6) is 0 Å². The summed E-state index contributed by atoms with van der Waals surface area (Å²) in [5.41, 5.74) is 6.83. The van der Waals surface area contributed by atoms with Gasteiger partial charge in [-0.05, 0) is 31.0 Å². The highest BCUT2D eigenvalue weighted by atomic mass is 35.5. The van der Waals surface area contributed by atoms with Gasteiger partial charge in [0.2, 0.25) is 5.91 Å². The first-order valence-electron chi connectivity index (χ1n) is 7.63. The minimum atomic E-state index is -0.531. The van der Waals surface area contributed by atoms with Gasteiger partial charge in [0, 0.05) is 18.3 Å². The average molecular weight is 331 g/mol. The standard InChI is InChI=1S/C17H19ClN4O/c18-14-8-12(16(19)23)10-21-17(14)22-13-6-7-20-15(9-13)11-4-2-1-3-5-11/h1-5,8,10,13,15,20H,6-7,9H2,(H2,19,23)(H,21,22). The molecule has 1 amide bonds. The maximum absolute atomic E-state index is 11.1. The van der Waals surface area contributed by atoms with Crippen LogP contribution in [0.2, 0.25) is 5.02 Å². The van der Waals surface area contributed by atoms with Gasteiger partial charge in [-0.15, -0.1) is 0 Å². The molecule has 1 aromatic heterocycles. The van der Waals surface area contributed by atoms with Crippen molar-refractivity contribution >= 4 is 23.3 Å². The highest BCUT2D eigenvalue weighted by Crippen LogP contribution is 2.27. The van der Waals surface area contributed by atoms with Gasteiger partial charge in [0.1, 0.15) is 5.82 Å². The number of pyridine rings is 1. The molecule has 2 unspecified atom stereocenters. The largest absolute Gasteiger partial charge is 0.366 e. The van der Waals surface area contributed by atoms with E-state index in [1.807, 2.05) is 6.07 Å². The van der Waals surface area contributed by atoms with E-state index in [1.54, 1.807) is 6.07 Å². The van der Waals surface area contributed by atoms with Crippen LogP contribution in [0.4, 0.5) is 5.82 Å². The van der Waals surface area contributed by atoms with E-state index in [9.17, 15) is 4.79 Å². The Hall–Kier alpha value is -2.11. The van der Waals surface area contributed by atoms with Gasteiger partial charge in [0.25, 0.3) is 0 Å². The van der Waals surface area contributed by atoms with Crippen LogP contribution in [0.3, 0.4) is 0 Å². The Bertz CT molecular complexity index is 692. The summed E-state index contributed by atoms with van der Waals surface area (Å²) in [6.07, 6.45) is 3.38. The lowest BCUT2D eigenvalue weighted by Crippen LogP contribution is -2.38. The molecule has 0 spiro atoms. The maximum atomic E-state index is 11.1. The van der Waals surface area contributed by atoms with E-state index < -0.39 is 5.91 Å². The molecule has 4 N–H and O–H groups in total. The molecule has 1 fully saturated rings. The molecular weight excluding hydrogens is 312 g/mol. The molecule has 3 rings (SSSR count). The number of carbonyl (C=O) groups is 1. The van der Waals surface area contributed by atoms with Crippen LogP contribution in [0.1, 0.15) is 34.8 Å². The van der Waals surface area contributed by atoms with E-state index in [2.05, 4.69) is 39.9 Å². The molecule has 2 aromatic rings. The lowest BCUT2D eigenvalue weighted by atomic mass is 9.94. The van der Waals surface area contributed by atoms with E-state index in [-0.39, 0.29) is 6.04 Å². The summed E-state index contributed by atoms with van der Waals surface area (Å²) in [7, 11) is 0. The molecule has 120 valence electrons. The zero-order valence-corrected chi connectivity index (χ0v) is 13.4. The van der Waals surface area contributed by atoms with Crippen molar-refractivity contribution in [1.82, 2.24) is 10.3 Å². The first-order chi connectivity index (χ1) is 11.1. The number of piperidine rings is 1. The molecule has 0 bridgehead atoms. The molecule has 1 aromatic carbocycles. The number of halogens is 1. The Kier molecular flexibility index (Phi) is 4.79. The highest BCUT2D eigenvalue weighted by Gasteiger charge is 2.23. The fraction of sp³-hybridized carbons (Fsp3) is 0.294. The molecule has 1 aliphatic rings. The van der Waals surface area contributed by atoms with Gasteiger partial charge in [-0.1, -0.05) is 41.9 Å². The third kappa shape index (κ3) is 3.81. The Balaban J connectivity index is 1.69. The summed E-state index contributed by atoms with van der Waals surface area (Å²) in [5.74, 6) is 0.0623. The van der Waals surface area contributed by atoms with Crippen LogP contribution in [0.15, 0.2) is 42.6 Å². The number of carbonyl (C=O) groups excluding carboxylic acids is 1. The molecular formula is C17H19ClN4O. The minimum absolute atomic E-state index is 0.269. The van der Waals surface area contributed by atoms with E-state index in [1.165, 1.54) is 11.8 Å². The summed E-state index contributed by atoms with van der Waals surface area (Å²) in [5, 5.41) is 7.33. The molecule has 0 radical (unpaired) electrons. The number of benzene rings is 1. The molecule has 1 saturated heterocycles. The van der Waals surface area contributed by atoms with E-state index in [4.69, 9.17) is 17.3 Å². The fourth-order valence-corrected chi connectivity index (χ4v) is 3.08. The number of hydrogen-bond acceptors (Lipinski definition) is 4. The topological polar surface area (TPSA) is 80.0 Å². The SMILES string of the molecule is NC(=O)c1cnc(NC2CCNC(c3ccccc3)C2)c(Cl)c1. The van der Waals surface area contributed by atoms with Crippen LogP contribution in [0.25, 0.3) is 0 Å². The summed E-state index contributed by atoms with van der Waals surface area (Å²) < 4.78 is 0. The van der Waals surface area contributed by atoms with Crippen molar-refractivity contribution in [2.24, 2.45) is 5.73 Å². The Morgan fingerprint density at radius 3 is 2.83 bits per heavy atom. The van der Waals surface area contributed by atoms with Gasteiger partial charge in [-0.2, -0.15) is 0 Å². The molecule has 0 aliphatic carbocycles. The normalized spacial score (nSPS) is 20.9. The fourth-order valence-electron chi connectivity index (χ4n) is 2.86.